The Morgan fingerprint density at radius 3 is 1.04 bits per heavy atom. The van der Waals surface area contributed by atoms with E-state index >= 15 is 0 Å². The predicted octanol–water partition coefficient (Wildman–Crippen LogP) is 16.6. The van der Waals surface area contributed by atoms with Gasteiger partial charge >= 0.3 is 11.9 Å². The van der Waals surface area contributed by atoms with Gasteiger partial charge in [0.2, 0.25) is 0 Å². The molecule has 0 spiro atoms. The maximum Gasteiger partial charge on any atom is 0.306 e. The smallest absolute Gasteiger partial charge is 0.306 e. The van der Waals surface area contributed by atoms with Gasteiger partial charge in [-0.15, -0.1) is 0 Å². The average molecular weight is 733 g/mol. The Labute approximate surface area is 325 Å². The molecule has 4 heteroatoms. The summed E-state index contributed by atoms with van der Waals surface area (Å²) in [7, 11) is 0. The van der Waals surface area contributed by atoms with Gasteiger partial charge < -0.3 is 9.84 Å². The number of carbonyl (C=O) groups excluding carboxylic acids is 1. The van der Waals surface area contributed by atoms with E-state index in [9.17, 15) is 9.59 Å². The van der Waals surface area contributed by atoms with Crippen LogP contribution in [-0.2, 0) is 14.3 Å². The van der Waals surface area contributed by atoms with E-state index in [0.29, 0.717) is 6.42 Å². The topological polar surface area (TPSA) is 63.6 Å². The van der Waals surface area contributed by atoms with E-state index in [0.717, 1.165) is 64.2 Å². The number of esters is 1. The largest absolute Gasteiger partial charge is 0.481 e. The summed E-state index contributed by atoms with van der Waals surface area (Å²) < 4.78 is 6.04. The van der Waals surface area contributed by atoms with Crippen molar-refractivity contribution in [3.8, 4) is 0 Å². The van der Waals surface area contributed by atoms with E-state index in [1.54, 1.807) is 0 Å². The van der Waals surface area contributed by atoms with Crippen LogP contribution in [0.1, 0.15) is 277 Å². The minimum atomic E-state index is -0.696. The molecule has 0 fully saturated rings. The number of carbonyl (C=O) groups is 2. The first-order valence-corrected chi connectivity index (χ1v) is 23.7. The lowest BCUT2D eigenvalue weighted by molar-refractivity contribution is -0.150. The van der Waals surface area contributed by atoms with Crippen molar-refractivity contribution >= 4 is 11.9 Å². The van der Waals surface area contributed by atoms with E-state index in [1.165, 1.54) is 186 Å². The molecule has 0 saturated heterocycles. The fourth-order valence-electron chi connectivity index (χ4n) is 7.48. The molecule has 0 aliphatic rings. The Bertz CT molecular complexity index is 747. The van der Waals surface area contributed by atoms with E-state index in [-0.39, 0.29) is 18.5 Å². The molecule has 0 aliphatic heterocycles. The van der Waals surface area contributed by atoms with Crippen LogP contribution in [0, 0.1) is 0 Å². The number of carboxylic acid groups (broad SMARTS) is 1. The first-order valence-electron chi connectivity index (χ1n) is 23.7. The van der Waals surface area contributed by atoms with Gasteiger partial charge in [0.15, 0.2) is 0 Å². The summed E-state index contributed by atoms with van der Waals surface area (Å²) in [5.41, 5.74) is 0. The second-order valence-electron chi connectivity index (χ2n) is 16.3. The molecule has 0 amide bonds. The third-order valence-corrected chi connectivity index (χ3v) is 11.0. The van der Waals surface area contributed by atoms with E-state index in [4.69, 9.17) is 9.84 Å². The monoisotopic (exact) mass is 733 g/mol. The molecule has 0 aliphatic carbocycles. The predicted molar refractivity (Wildman–Crippen MR) is 227 cm³/mol. The zero-order chi connectivity index (χ0) is 37.8. The summed E-state index contributed by atoms with van der Waals surface area (Å²) in [6.45, 7) is 4.57. The highest BCUT2D eigenvalue weighted by atomic mass is 16.5. The minimum absolute atomic E-state index is 0.00577. The van der Waals surface area contributed by atoms with Crippen molar-refractivity contribution in [1.29, 1.82) is 0 Å². The summed E-state index contributed by atoms with van der Waals surface area (Å²) in [6, 6.07) is 0. The molecule has 4 nitrogen and oxygen atoms in total. The van der Waals surface area contributed by atoms with Crippen LogP contribution in [0.2, 0.25) is 0 Å². The third-order valence-electron chi connectivity index (χ3n) is 11.0. The Morgan fingerprint density at radius 1 is 0.404 bits per heavy atom. The second-order valence-corrected chi connectivity index (χ2v) is 16.3. The SMILES string of the molecule is CCCCCCCCC/C=C\CCCCCCCCCC(=O)OC(CCCCCCCCCCCCCCCCCC)CCCCCCCC(=O)O. The number of allylic oxidation sites excluding steroid dienone is 2. The summed E-state index contributed by atoms with van der Waals surface area (Å²) >= 11 is 0. The number of aliphatic carboxylic acids is 1. The number of hydrogen-bond acceptors (Lipinski definition) is 3. The Hall–Kier alpha value is -1.32. The molecule has 0 aromatic carbocycles. The van der Waals surface area contributed by atoms with E-state index in [1.807, 2.05) is 0 Å². The molecule has 0 aromatic heterocycles. The molecule has 0 aromatic rings. The molecule has 1 unspecified atom stereocenters. The molecule has 52 heavy (non-hydrogen) atoms. The molecular weight excluding hydrogens is 641 g/mol. The molecule has 1 N–H and O–H groups in total. The van der Waals surface area contributed by atoms with Crippen LogP contribution in [0.3, 0.4) is 0 Å². The van der Waals surface area contributed by atoms with Gasteiger partial charge in [-0.1, -0.05) is 212 Å². The summed E-state index contributed by atoms with van der Waals surface area (Å²) in [5, 5.41) is 8.86. The van der Waals surface area contributed by atoms with Crippen LogP contribution >= 0.6 is 0 Å². The third kappa shape index (κ3) is 43.1. The van der Waals surface area contributed by atoms with Crippen molar-refractivity contribution in [3.05, 3.63) is 12.2 Å². The van der Waals surface area contributed by atoms with E-state index < -0.39 is 5.97 Å². The Kier molecular flexibility index (Phi) is 43.0. The molecular formula is C48H92O4. The number of hydrogen-bond donors (Lipinski definition) is 1. The summed E-state index contributed by atoms with van der Waals surface area (Å²) in [5.74, 6) is -0.690. The summed E-state index contributed by atoms with van der Waals surface area (Å²) in [6.07, 6.45) is 55.4. The number of ether oxygens (including phenoxy) is 1. The number of carboxylic acids is 1. The Balaban J connectivity index is 3.95. The fourth-order valence-corrected chi connectivity index (χ4v) is 7.48. The van der Waals surface area contributed by atoms with E-state index in [2.05, 4.69) is 26.0 Å². The van der Waals surface area contributed by atoms with Gasteiger partial charge in [0.1, 0.15) is 6.10 Å². The molecule has 0 radical (unpaired) electrons. The Morgan fingerprint density at radius 2 is 0.692 bits per heavy atom. The highest BCUT2D eigenvalue weighted by Gasteiger charge is 2.14. The highest BCUT2D eigenvalue weighted by Crippen LogP contribution is 2.19. The van der Waals surface area contributed by atoms with Gasteiger partial charge in [0.05, 0.1) is 0 Å². The summed E-state index contributed by atoms with van der Waals surface area (Å²) in [4.78, 5) is 23.5. The normalized spacial score (nSPS) is 12.2. The fraction of sp³-hybridized carbons (Fsp3) is 0.917. The van der Waals surface area contributed by atoms with Gasteiger partial charge in [-0.3, -0.25) is 9.59 Å². The zero-order valence-corrected chi connectivity index (χ0v) is 35.4. The number of unbranched alkanes of at least 4 members (excludes halogenated alkanes) is 33. The van der Waals surface area contributed by atoms with Crippen molar-refractivity contribution < 1.29 is 19.4 Å². The standard InChI is InChI=1S/C48H92O4/c1-3-5-7-9-11-13-15-17-19-21-22-24-26-28-30-32-37-41-45-48(51)52-46(43-39-35-33-36-40-44-47(49)50)42-38-34-31-29-27-25-23-20-18-16-14-12-10-8-6-4-2/h19,21,46H,3-18,20,22-45H2,1-2H3,(H,49,50)/b21-19-. The van der Waals surface area contributed by atoms with Crippen LogP contribution in [-0.4, -0.2) is 23.1 Å². The number of rotatable bonds is 44. The van der Waals surface area contributed by atoms with Crippen LogP contribution < -0.4 is 0 Å². The van der Waals surface area contributed by atoms with Crippen molar-refractivity contribution in [3.63, 3.8) is 0 Å². The van der Waals surface area contributed by atoms with Crippen LogP contribution in [0.5, 0.6) is 0 Å². The maximum absolute atomic E-state index is 12.8. The van der Waals surface area contributed by atoms with Crippen molar-refractivity contribution in [2.24, 2.45) is 0 Å². The van der Waals surface area contributed by atoms with Gasteiger partial charge in [0.25, 0.3) is 0 Å². The lowest BCUT2D eigenvalue weighted by Gasteiger charge is -2.18. The lowest BCUT2D eigenvalue weighted by atomic mass is 10.0. The van der Waals surface area contributed by atoms with Crippen molar-refractivity contribution in [2.45, 2.75) is 283 Å². The van der Waals surface area contributed by atoms with Gasteiger partial charge in [-0.05, 0) is 64.2 Å². The molecule has 308 valence electrons. The van der Waals surface area contributed by atoms with Gasteiger partial charge in [-0.25, -0.2) is 0 Å². The average Bonchev–Trinajstić information content (AvgIpc) is 3.13. The highest BCUT2D eigenvalue weighted by molar-refractivity contribution is 5.69. The second kappa shape index (κ2) is 44.1. The molecule has 0 saturated carbocycles. The molecule has 0 bridgehead atoms. The van der Waals surface area contributed by atoms with Crippen molar-refractivity contribution in [2.75, 3.05) is 0 Å². The van der Waals surface area contributed by atoms with Gasteiger partial charge in [-0.2, -0.15) is 0 Å². The minimum Gasteiger partial charge on any atom is -0.481 e. The van der Waals surface area contributed by atoms with Crippen LogP contribution in [0.4, 0.5) is 0 Å². The lowest BCUT2D eigenvalue weighted by Crippen LogP contribution is -2.18. The zero-order valence-electron chi connectivity index (χ0n) is 35.4. The first-order chi connectivity index (χ1) is 25.6. The van der Waals surface area contributed by atoms with Gasteiger partial charge in [0, 0.05) is 12.8 Å². The molecule has 0 rings (SSSR count). The first kappa shape index (κ1) is 50.7. The quantitative estimate of drug-likeness (QED) is 0.0385. The molecule has 0 heterocycles. The van der Waals surface area contributed by atoms with Crippen LogP contribution in [0.15, 0.2) is 12.2 Å². The molecule has 1 atom stereocenters. The van der Waals surface area contributed by atoms with Crippen LogP contribution in [0.25, 0.3) is 0 Å². The van der Waals surface area contributed by atoms with Crippen molar-refractivity contribution in [1.82, 2.24) is 0 Å². The maximum atomic E-state index is 12.8.